The van der Waals surface area contributed by atoms with Gasteiger partial charge in [0.1, 0.15) is 11.4 Å². The number of rotatable bonds is 10. The fraction of sp³-hybridized carbons (Fsp3) is 0.652. The van der Waals surface area contributed by atoms with Crippen LogP contribution in [0, 0.1) is 12.8 Å². The Kier molecular flexibility index (Phi) is 7.48. The van der Waals surface area contributed by atoms with Crippen LogP contribution in [0.3, 0.4) is 0 Å². The van der Waals surface area contributed by atoms with E-state index in [9.17, 15) is 18.0 Å². The van der Waals surface area contributed by atoms with Crippen molar-refractivity contribution in [1.82, 2.24) is 29.5 Å². The minimum absolute atomic E-state index is 0.0629. The number of aromatic nitrogens is 4. The number of carbonyl (C=O) groups is 1. The second-order valence-electron chi connectivity index (χ2n) is 9.72. The van der Waals surface area contributed by atoms with Gasteiger partial charge in [-0.15, -0.1) is 0 Å². The smallest absolute Gasteiger partial charge is 0.369 e. The van der Waals surface area contributed by atoms with Gasteiger partial charge in [0.25, 0.3) is 0 Å². The van der Waals surface area contributed by atoms with Crippen LogP contribution < -0.4 is 10.6 Å². The maximum absolute atomic E-state index is 13.5. The molecule has 0 aromatic carbocycles. The molecular weight excluding hydrogens is 461 g/mol. The Morgan fingerprint density at radius 3 is 2.69 bits per heavy atom. The summed E-state index contributed by atoms with van der Waals surface area (Å²) in [7, 11) is 0. The Balaban J connectivity index is 1.40. The Morgan fingerprint density at radius 1 is 1.26 bits per heavy atom. The standard InChI is InChI=1S/C23H33F3N8O/c1-15(2)11-32-12-17(13-32)34-14-19(16(3)31-34)29-22-28-10-18(23(24,25)26)21(30-22)27-7-5-9-33-8-4-6-20(33)35/h10,14-15,17H,4-9,11-13H2,1-3H3,(H2,27,28,29,30). The van der Waals surface area contributed by atoms with Crippen molar-refractivity contribution < 1.29 is 18.0 Å². The van der Waals surface area contributed by atoms with Crippen molar-refractivity contribution in [1.29, 1.82) is 0 Å². The first kappa shape index (κ1) is 25.2. The molecule has 2 aliphatic rings. The molecule has 4 heterocycles. The van der Waals surface area contributed by atoms with Crippen LogP contribution in [0.15, 0.2) is 12.4 Å². The largest absolute Gasteiger partial charge is 0.421 e. The normalized spacial score (nSPS) is 17.3. The van der Waals surface area contributed by atoms with Crippen LogP contribution >= 0.6 is 0 Å². The predicted octanol–water partition coefficient (Wildman–Crippen LogP) is 3.68. The maximum Gasteiger partial charge on any atom is 0.421 e. The topological polar surface area (TPSA) is 91.2 Å². The molecule has 2 N–H and O–H groups in total. The highest BCUT2D eigenvalue weighted by Gasteiger charge is 2.35. The molecule has 2 fully saturated rings. The lowest BCUT2D eigenvalue weighted by molar-refractivity contribution is -0.137. The number of amides is 1. The van der Waals surface area contributed by atoms with Gasteiger partial charge in [-0.25, -0.2) is 4.98 Å². The average molecular weight is 495 g/mol. The molecule has 2 aromatic rings. The van der Waals surface area contributed by atoms with E-state index in [0.29, 0.717) is 37.5 Å². The lowest BCUT2D eigenvalue weighted by Gasteiger charge is -2.40. The van der Waals surface area contributed by atoms with Crippen LogP contribution in [-0.2, 0) is 11.0 Å². The van der Waals surface area contributed by atoms with Crippen molar-refractivity contribution >= 4 is 23.4 Å². The van der Waals surface area contributed by atoms with E-state index in [0.717, 1.165) is 37.9 Å². The van der Waals surface area contributed by atoms with E-state index in [-0.39, 0.29) is 30.3 Å². The number of alkyl halides is 3. The van der Waals surface area contributed by atoms with Crippen molar-refractivity contribution in [2.75, 3.05) is 49.9 Å². The lowest BCUT2D eigenvalue weighted by Crippen LogP contribution is -2.49. The summed E-state index contributed by atoms with van der Waals surface area (Å²) in [6.07, 6.45) is -0.0431. The number of halogens is 3. The van der Waals surface area contributed by atoms with Gasteiger partial charge in [-0.2, -0.15) is 23.3 Å². The lowest BCUT2D eigenvalue weighted by atomic mass is 10.1. The van der Waals surface area contributed by atoms with Gasteiger partial charge in [0.15, 0.2) is 0 Å². The summed E-state index contributed by atoms with van der Waals surface area (Å²) in [6.45, 7) is 10.6. The minimum atomic E-state index is -4.58. The van der Waals surface area contributed by atoms with Crippen LogP contribution in [0.2, 0.25) is 0 Å². The number of hydrogen-bond donors (Lipinski definition) is 2. The molecule has 2 aliphatic heterocycles. The minimum Gasteiger partial charge on any atom is -0.369 e. The van der Waals surface area contributed by atoms with Crippen LogP contribution in [0.25, 0.3) is 0 Å². The van der Waals surface area contributed by atoms with Crippen LogP contribution in [0.4, 0.5) is 30.6 Å². The number of likely N-dealkylation sites (tertiary alicyclic amines) is 2. The summed E-state index contributed by atoms with van der Waals surface area (Å²) >= 11 is 0. The summed E-state index contributed by atoms with van der Waals surface area (Å²) in [6, 6.07) is 0.274. The van der Waals surface area contributed by atoms with Gasteiger partial charge >= 0.3 is 6.18 Å². The van der Waals surface area contributed by atoms with E-state index in [4.69, 9.17) is 0 Å². The van der Waals surface area contributed by atoms with Crippen molar-refractivity contribution in [3.05, 3.63) is 23.7 Å². The molecule has 0 radical (unpaired) electrons. The molecule has 0 atom stereocenters. The van der Waals surface area contributed by atoms with Gasteiger partial charge < -0.3 is 15.5 Å². The fourth-order valence-electron chi connectivity index (χ4n) is 4.49. The zero-order valence-electron chi connectivity index (χ0n) is 20.4. The zero-order valence-corrected chi connectivity index (χ0v) is 20.4. The van der Waals surface area contributed by atoms with E-state index in [1.54, 1.807) is 4.90 Å². The van der Waals surface area contributed by atoms with Gasteiger partial charge in [-0.3, -0.25) is 14.4 Å². The van der Waals surface area contributed by atoms with E-state index in [1.165, 1.54) is 0 Å². The molecular formula is C23H33F3N8O. The van der Waals surface area contributed by atoms with Gasteiger partial charge in [0, 0.05) is 58.1 Å². The monoisotopic (exact) mass is 494 g/mol. The molecule has 0 aliphatic carbocycles. The summed E-state index contributed by atoms with van der Waals surface area (Å²) in [5.74, 6) is 0.485. The number of hydrogen-bond acceptors (Lipinski definition) is 7. The zero-order chi connectivity index (χ0) is 25.2. The molecule has 0 saturated carbocycles. The fourth-order valence-corrected chi connectivity index (χ4v) is 4.49. The van der Waals surface area contributed by atoms with E-state index in [1.807, 2.05) is 17.8 Å². The van der Waals surface area contributed by atoms with E-state index < -0.39 is 11.7 Å². The molecule has 35 heavy (non-hydrogen) atoms. The van der Waals surface area contributed by atoms with Crippen molar-refractivity contribution in [2.45, 2.75) is 52.3 Å². The maximum atomic E-state index is 13.5. The number of nitrogens with zero attached hydrogens (tertiary/aromatic N) is 6. The Morgan fingerprint density at radius 2 is 2.03 bits per heavy atom. The Labute approximate surface area is 203 Å². The Bertz CT molecular complexity index is 1030. The van der Waals surface area contributed by atoms with Crippen LogP contribution in [-0.4, -0.2) is 74.7 Å². The molecule has 0 bridgehead atoms. The number of carbonyl (C=O) groups excluding carboxylic acids is 1. The third kappa shape index (κ3) is 6.22. The number of anilines is 3. The highest BCUT2D eigenvalue weighted by molar-refractivity contribution is 5.78. The molecule has 12 heteroatoms. The quantitative estimate of drug-likeness (QED) is 0.487. The van der Waals surface area contributed by atoms with Gasteiger partial charge in [-0.05, 0) is 25.7 Å². The molecule has 192 valence electrons. The molecule has 4 rings (SSSR count). The van der Waals surface area contributed by atoms with Gasteiger partial charge in [-0.1, -0.05) is 13.8 Å². The number of nitrogens with one attached hydrogen (secondary N) is 2. The highest BCUT2D eigenvalue weighted by Crippen LogP contribution is 2.34. The second kappa shape index (κ2) is 10.4. The summed E-state index contributed by atoms with van der Waals surface area (Å²) in [5, 5.41) is 10.4. The molecule has 2 saturated heterocycles. The van der Waals surface area contributed by atoms with E-state index in [2.05, 4.69) is 44.4 Å². The van der Waals surface area contributed by atoms with Crippen molar-refractivity contribution in [3.63, 3.8) is 0 Å². The molecule has 0 spiro atoms. The first-order chi connectivity index (χ1) is 16.6. The summed E-state index contributed by atoms with van der Waals surface area (Å²) in [5.41, 5.74) is 0.457. The van der Waals surface area contributed by atoms with E-state index >= 15 is 0 Å². The molecule has 9 nitrogen and oxygen atoms in total. The third-order valence-corrected chi connectivity index (χ3v) is 6.26. The molecule has 1 amide bonds. The molecule has 0 unspecified atom stereocenters. The summed E-state index contributed by atoms with van der Waals surface area (Å²) in [4.78, 5) is 23.8. The van der Waals surface area contributed by atoms with Gasteiger partial charge in [0.2, 0.25) is 11.9 Å². The average Bonchev–Trinajstić information content (AvgIpc) is 3.32. The number of aryl methyl sites for hydroxylation is 1. The third-order valence-electron chi connectivity index (χ3n) is 6.26. The predicted molar refractivity (Wildman–Crippen MR) is 127 cm³/mol. The van der Waals surface area contributed by atoms with Crippen molar-refractivity contribution in [2.24, 2.45) is 5.92 Å². The second-order valence-corrected chi connectivity index (χ2v) is 9.72. The Hall–Kier alpha value is -2.89. The first-order valence-corrected chi connectivity index (χ1v) is 12.1. The SMILES string of the molecule is Cc1nn(C2CN(CC(C)C)C2)cc1Nc1ncc(C(F)(F)F)c(NCCCN2CCCC2=O)n1. The molecule has 2 aromatic heterocycles. The van der Waals surface area contributed by atoms with Crippen LogP contribution in [0.1, 0.15) is 50.4 Å². The van der Waals surface area contributed by atoms with Crippen LogP contribution in [0.5, 0.6) is 0 Å². The highest BCUT2D eigenvalue weighted by atomic mass is 19.4. The summed E-state index contributed by atoms with van der Waals surface area (Å²) < 4.78 is 42.4. The first-order valence-electron chi connectivity index (χ1n) is 12.1. The van der Waals surface area contributed by atoms with Gasteiger partial charge in [0.05, 0.1) is 17.4 Å². The van der Waals surface area contributed by atoms with Crippen molar-refractivity contribution in [3.8, 4) is 0 Å².